The number of fused-ring (bicyclic) bond motifs is 3. The maximum atomic E-state index is 11.3. The fourth-order valence-corrected chi connectivity index (χ4v) is 2.72. The topological polar surface area (TPSA) is 73.3 Å². The van der Waals surface area contributed by atoms with E-state index in [2.05, 4.69) is 11.6 Å². The van der Waals surface area contributed by atoms with Gasteiger partial charge in [0.15, 0.2) is 6.29 Å². The normalized spacial score (nSPS) is 12.6. The molecule has 0 radical (unpaired) electrons. The predicted molar refractivity (Wildman–Crippen MR) is 87.4 cm³/mol. The molecule has 1 aromatic heterocycles. The van der Waals surface area contributed by atoms with Crippen LogP contribution in [0.25, 0.3) is 21.8 Å². The summed E-state index contributed by atoms with van der Waals surface area (Å²) >= 11 is 0. The Morgan fingerprint density at radius 1 is 1.36 bits per heavy atom. The van der Waals surface area contributed by atoms with E-state index < -0.39 is 6.10 Å². The van der Waals surface area contributed by atoms with Crippen molar-refractivity contribution in [2.45, 2.75) is 19.4 Å². The SMILES string of the molecule is C=C(C)[C@H](O)Cc1c(O)c(C=O)cc2c1[nH]c1ccccc12. The number of hydrogen-bond donors (Lipinski definition) is 3. The number of para-hydroxylation sites is 1. The number of carbonyl (C=O) groups is 1. The molecular weight excluding hydrogens is 278 g/mol. The van der Waals surface area contributed by atoms with Crippen LogP contribution in [-0.2, 0) is 6.42 Å². The van der Waals surface area contributed by atoms with Gasteiger partial charge in [0.25, 0.3) is 0 Å². The molecule has 0 aliphatic heterocycles. The van der Waals surface area contributed by atoms with Crippen molar-refractivity contribution < 1.29 is 15.0 Å². The fraction of sp³-hybridized carbons (Fsp3) is 0.167. The average molecular weight is 295 g/mol. The van der Waals surface area contributed by atoms with Crippen LogP contribution in [0.3, 0.4) is 0 Å². The van der Waals surface area contributed by atoms with E-state index in [9.17, 15) is 15.0 Å². The highest BCUT2D eigenvalue weighted by molar-refractivity contribution is 6.10. The summed E-state index contributed by atoms with van der Waals surface area (Å²) in [5, 5.41) is 22.3. The van der Waals surface area contributed by atoms with Crippen LogP contribution in [0.15, 0.2) is 42.5 Å². The molecule has 3 N–H and O–H groups in total. The van der Waals surface area contributed by atoms with Gasteiger partial charge in [-0.15, -0.1) is 0 Å². The molecule has 0 amide bonds. The number of carbonyl (C=O) groups excluding carboxylic acids is 1. The van der Waals surface area contributed by atoms with Crippen LogP contribution in [0.4, 0.5) is 0 Å². The minimum absolute atomic E-state index is 0.0886. The van der Waals surface area contributed by atoms with Gasteiger partial charge in [-0.2, -0.15) is 0 Å². The third-order valence-electron chi connectivity index (χ3n) is 4.00. The van der Waals surface area contributed by atoms with Gasteiger partial charge in [0.1, 0.15) is 5.75 Å². The summed E-state index contributed by atoms with van der Waals surface area (Å²) in [6.07, 6.45) is 0.0572. The number of nitrogens with one attached hydrogen (secondary N) is 1. The minimum atomic E-state index is -0.776. The first-order chi connectivity index (χ1) is 10.5. The quantitative estimate of drug-likeness (QED) is 0.510. The second kappa shape index (κ2) is 5.31. The smallest absolute Gasteiger partial charge is 0.153 e. The number of hydrogen-bond acceptors (Lipinski definition) is 3. The second-order valence-electron chi connectivity index (χ2n) is 5.57. The minimum Gasteiger partial charge on any atom is -0.507 e. The number of aliphatic hydroxyl groups is 1. The number of aldehydes is 1. The molecule has 0 aliphatic rings. The van der Waals surface area contributed by atoms with Gasteiger partial charge in [-0.1, -0.05) is 30.4 Å². The molecule has 0 fully saturated rings. The number of rotatable bonds is 4. The fourth-order valence-electron chi connectivity index (χ4n) is 2.72. The van der Waals surface area contributed by atoms with Gasteiger partial charge in [0.2, 0.25) is 0 Å². The zero-order valence-corrected chi connectivity index (χ0v) is 12.3. The van der Waals surface area contributed by atoms with E-state index in [4.69, 9.17) is 0 Å². The highest BCUT2D eigenvalue weighted by Gasteiger charge is 2.19. The molecule has 3 aromatic rings. The number of aromatic hydroxyl groups is 1. The van der Waals surface area contributed by atoms with E-state index in [1.165, 1.54) is 0 Å². The third kappa shape index (κ3) is 2.18. The van der Waals surface area contributed by atoms with Crippen molar-refractivity contribution in [2.24, 2.45) is 0 Å². The van der Waals surface area contributed by atoms with Crippen LogP contribution >= 0.6 is 0 Å². The van der Waals surface area contributed by atoms with Crippen LogP contribution in [0.2, 0.25) is 0 Å². The van der Waals surface area contributed by atoms with E-state index >= 15 is 0 Å². The lowest BCUT2D eigenvalue weighted by atomic mass is 9.97. The molecule has 3 rings (SSSR count). The number of H-pyrrole nitrogens is 1. The Balaban J connectivity index is 2.34. The van der Waals surface area contributed by atoms with E-state index in [0.29, 0.717) is 17.4 Å². The Morgan fingerprint density at radius 2 is 2.09 bits per heavy atom. The van der Waals surface area contributed by atoms with Gasteiger partial charge in [0.05, 0.1) is 17.2 Å². The molecule has 0 saturated carbocycles. The maximum absolute atomic E-state index is 11.3. The molecule has 1 heterocycles. The lowest BCUT2D eigenvalue weighted by Crippen LogP contribution is -2.12. The Morgan fingerprint density at radius 3 is 2.77 bits per heavy atom. The van der Waals surface area contributed by atoms with Crippen molar-refractivity contribution in [1.82, 2.24) is 4.98 Å². The van der Waals surface area contributed by atoms with Gasteiger partial charge in [-0.05, 0) is 19.1 Å². The van der Waals surface area contributed by atoms with Crippen LogP contribution in [0.1, 0.15) is 22.8 Å². The molecular formula is C18H17NO3. The van der Waals surface area contributed by atoms with E-state index in [-0.39, 0.29) is 17.7 Å². The first-order valence-corrected chi connectivity index (χ1v) is 7.06. The first-order valence-electron chi connectivity index (χ1n) is 7.06. The van der Waals surface area contributed by atoms with Crippen LogP contribution in [-0.4, -0.2) is 27.6 Å². The molecule has 0 spiro atoms. The van der Waals surface area contributed by atoms with Crippen molar-refractivity contribution in [3.63, 3.8) is 0 Å². The molecule has 4 heteroatoms. The number of phenols is 1. The van der Waals surface area contributed by atoms with Gasteiger partial charge in [-0.3, -0.25) is 4.79 Å². The van der Waals surface area contributed by atoms with Gasteiger partial charge >= 0.3 is 0 Å². The molecule has 22 heavy (non-hydrogen) atoms. The Bertz CT molecular complexity index is 892. The summed E-state index contributed by atoms with van der Waals surface area (Å²) in [4.78, 5) is 14.5. The molecule has 0 aliphatic carbocycles. The van der Waals surface area contributed by atoms with Crippen LogP contribution in [0.5, 0.6) is 5.75 Å². The molecule has 2 aromatic carbocycles. The number of aliphatic hydroxyl groups excluding tert-OH is 1. The molecule has 4 nitrogen and oxygen atoms in total. The molecule has 0 unspecified atom stereocenters. The summed E-state index contributed by atoms with van der Waals surface area (Å²) in [6.45, 7) is 5.46. The van der Waals surface area contributed by atoms with Crippen molar-refractivity contribution in [1.29, 1.82) is 0 Å². The zero-order valence-electron chi connectivity index (χ0n) is 12.3. The van der Waals surface area contributed by atoms with Crippen molar-refractivity contribution in [3.05, 3.63) is 53.6 Å². The average Bonchev–Trinajstić information content (AvgIpc) is 2.87. The first kappa shape index (κ1) is 14.4. The highest BCUT2D eigenvalue weighted by atomic mass is 16.3. The largest absolute Gasteiger partial charge is 0.507 e. The van der Waals surface area contributed by atoms with Crippen LogP contribution < -0.4 is 0 Å². The van der Waals surface area contributed by atoms with Gasteiger partial charge in [-0.25, -0.2) is 0 Å². The standard InChI is InChI=1S/C18H17NO3/c1-10(2)16(21)8-14-17-13(7-11(9-20)18(14)22)12-5-3-4-6-15(12)19-17/h3-7,9,16,19,21-22H,1,8H2,2H3/t16-/m1/s1. The van der Waals surface area contributed by atoms with Crippen molar-refractivity contribution >= 4 is 28.1 Å². The number of aromatic amines is 1. The Labute approximate surface area is 127 Å². The highest BCUT2D eigenvalue weighted by Crippen LogP contribution is 2.35. The van der Waals surface area contributed by atoms with Crippen molar-refractivity contribution in [3.8, 4) is 5.75 Å². The number of phenolic OH excluding ortho intramolecular Hbond substituents is 1. The summed E-state index contributed by atoms with van der Waals surface area (Å²) in [7, 11) is 0. The number of benzene rings is 2. The summed E-state index contributed by atoms with van der Waals surface area (Å²) in [5.74, 6) is -0.0886. The summed E-state index contributed by atoms with van der Waals surface area (Å²) in [6, 6.07) is 9.41. The van der Waals surface area contributed by atoms with E-state index in [0.717, 1.165) is 21.8 Å². The van der Waals surface area contributed by atoms with Crippen LogP contribution in [0, 0.1) is 0 Å². The molecule has 0 bridgehead atoms. The molecule has 1 atom stereocenters. The maximum Gasteiger partial charge on any atom is 0.153 e. The monoisotopic (exact) mass is 295 g/mol. The van der Waals surface area contributed by atoms with Gasteiger partial charge < -0.3 is 15.2 Å². The summed E-state index contributed by atoms with van der Waals surface area (Å²) in [5.41, 5.74) is 3.03. The molecule has 112 valence electrons. The third-order valence-corrected chi connectivity index (χ3v) is 4.00. The lowest BCUT2D eigenvalue weighted by Gasteiger charge is -2.13. The summed E-state index contributed by atoms with van der Waals surface area (Å²) < 4.78 is 0. The van der Waals surface area contributed by atoms with E-state index in [1.54, 1.807) is 13.0 Å². The van der Waals surface area contributed by atoms with Gasteiger partial charge in [0, 0.05) is 28.3 Å². The molecule has 0 saturated heterocycles. The second-order valence-corrected chi connectivity index (χ2v) is 5.57. The van der Waals surface area contributed by atoms with Crippen molar-refractivity contribution in [2.75, 3.05) is 0 Å². The Hall–Kier alpha value is -2.59. The number of aromatic nitrogens is 1. The predicted octanol–water partition coefficient (Wildman–Crippen LogP) is 3.32. The zero-order chi connectivity index (χ0) is 15.9. The lowest BCUT2D eigenvalue weighted by molar-refractivity contribution is 0.112. The van der Waals surface area contributed by atoms with E-state index in [1.807, 2.05) is 24.3 Å². The Kier molecular flexibility index (Phi) is 3.47.